The molecule has 128 valence electrons. The summed E-state index contributed by atoms with van der Waals surface area (Å²) in [6.07, 6.45) is 2.13. The van der Waals surface area contributed by atoms with E-state index in [-0.39, 0.29) is 41.9 Å². The number of benzene rings is 2. The molecule has 0 radical (unpaired) electrons. The Kier molecular flexibility index (Phi) is 3.18. The van der Waals surface area contributed by atoms with Crippen LogP contribution in [0.5, 0.6) is 0 Å². The van der Waals surface area contributed by atoms with Crippen LogP contribution in [0.4, 0.5) is 0 Å². The van der Waals surface area contributed by atoms with Gasteiger partial charge in [0.15, 0.2) is 0 Å². The fourth-order valence-electron chi connectivity index (χ4n) is 5.10. The first-order valence-corrected chi connectivity index (χ1v) is 9.09. The van der Waals surface area contributed by atoms with Gasteiger partial charge in [-0.2, -0.15) is 0 Å². The Bertz CT molecular complexity index is 887. The molecule has 25 heavy (non-hydrogen) atoms. The van der Waals surface area contributed by atoms with Gasteiger partial charge in [-0.05, 0) is 41.7 Å². The first-order valence-electron chi connectivity index (χ1n) is 9.09. The van der Waals surface area contributed by atoms with E-state index >= 15 is 0 Å². The van der Waals surface area contributed by atoms with Gasteiger partial charge in [-0.1, -0.05) is 37.3 Å². The van der Waals surface area contributed by atoms with E-state index in [9.17, 15) is 9.59 Å². The van der Waals surface area contributed by atoms with Crippen LogP contribution in [-0.2, 0) is 20.7 Å². The second-order valence-corrected chi connectivity index (χ2v) is 7.44. The van der Waals surface area contributed by atoms with Crippen LogP contribution >= 0.6 is 0 Å². The van der Waals surface area contributed by atoms with E-state index in [0.717, 1.165) is 30.0 Å². The van der Waals surface area contributed by atoms with Crippen LogP contribution in [0.25, 0.3) is 10.8 Å². The van der Waals surface area contributed by atoms with Gasteiger partial charge in [0.25, 0.3) is 0 Å². The monoisotopic (exact) mass is 336 g/mol. The smallest absolute Gasteiger partial charge is 0.339 e. The molecule has 2 aromatic carbocycles. The molecule has 0 amide bonds. The number of carbonyl (C=O) groups is 2. The van der Waals surface area contributed by atoms with E-state index in [4.69, 9.17) is 9.47 Å². The minimum absolute atomic E-state index is 0.0367. The van der Waals surface area contributed by atoms with Gasteiger partial charge in [0.05, 0.1) is 11.5 Å². The van der Waals surface area contributed by atoms with Crippen LogP contribution < -0.4 is 0 Å². The average Bonchev–Trinajstić information content (AvgIpc) is 3.25. The molecule has 5 rings (SSSR count). The van der Waals surface area contributed by atoms with Crippen LogP contribution in [0.15, 0.2) is 36.4 Å². The maximum absolute atomic E-state index is 12.9. The number of rotatable bonds is 3. The predicted octanol–water partition coefficient (Wildman–Crippen LogP) is 3.51. The van der Waals surface area contributed by atoms with Crippen LogP contribution in [-0.4, -0.2) is 24.1 Å². The molecule has 1 heterocycles. The SMILES string of the molecule is CCc1ccc(C(=O)OC2C3CC4C(=O)OC2C4C3)c2ccccc12. The van der Waals surface area contributed by atoms with Crippen LogP contribution in [0.2, 0.25) is 0 Å². The van der Waals surface area contributed by atoms with Crippen molar-refractivity contribution in [2.24, 2.45) is 17.8 Å². The first kappa shape index (κ1) is 14.9. The van der Waals surface area contributed by atoms with E-state index < -0.39 is 0 Å². The van der Waals surface area contributed by atoms with Crippen molar-refractivity contribution in [3.8, 4) is 0 Å². The maximum Gasteiger partial charge on any atom is 0.339 e. The summed E-state index contributed by atoms with van der Waals surface area (Å²) >= 11 is 0. The van der Waals surface area contributed by atoms with Crippen molar-refractivity contribution in [2.45, 2.75) is 38.4 Å². The molecule has 0 aromatic heterocycles. The van der Waals surface area contributed by atoms with Crippen LogP contribution in [0.3, 0.4) is 0 Å². The van der Waals surface area contributed by atoms with Crippen molar-refractivity contribution in [1.29, 1.82) is 0 Å². The third kappa shape index (κ3) is 2.06. The standard InChI is InChI=1S/C21H20O4/c1-2-11-7-8-15(14-6-4-3-5-13(11)14)20(22)24-18-12-9-16-17(10-12)21(23)25-19(16)18/h3-8,12,16-19H,2,9-10H2,1H3. The molecule has 3 fully saturated rings. The van der Waals surface area contributed by atoms with Crippen molar-refractivity contribution in [2.75, 3.05) is 0 Å². The number of esters is 2. The molecular weight excluding hydrogens is 316 g/mol. The molecule has 2 aliphatic carbocycles. The van der Waals surface area contributed by atoms with Gasteiger partial charge in [-0.25, -0.2) is 4.79 Å². The lowest BCUT2D eigenvalue weighted by atomic mass is 9.88. The fourth-order valence-corrected chi connectivity index (χ4v) is 5.10. The average molecular weight is 336 g/mol. The van der Waals surface area contributed by atoms with Crippen LogP contribution in [0, 0.1) is 17.8 Å². The Morgan fingerprint density at radius 1 is 1.16 bits per heavy atom. The second-order valence-electron chi connectivity index (χ2n) is 7.44. The highest BCUT2D eigenvalue weighted by Gasteiger charge is 2.63. The zero-order valence-corrected chi connectivity index (χ0v) is 14.1. The third-order valence-electron chi connectivity index (χ3n) is 6.27. The molecule has 4 heteroatoms. The topological polar surface area (TPSA) is 52.6 Å². The highest BCUT2D eigenvalue weighted by Crippen LogP contribution is 2.55. The van der Waals surface area contributed by atoms with Gasteiger partial charge < -0.3 is 9.47 Å². The van der Waals surface area contributed by atoms with Crippen molar-refractivity contribution in [3.63, 3.8) is 0 Å². The summed E-state index contributed by atoms with van der Waals surface area (Å²) in [5.74, 6) is 0.130. The largest absolute Gasteiger partial charge is 0.458 e. The maximum atomic E-state index is 12.9. The quantitative estimate of drug-likeness (QED) is 0.805. The summed E-state index contributed by atoms with van der Waals surface area (Å²) < 4.78 is 11.4. The van der Waals surface area contributed by atoms with Gasteiger partial charge in [0.1, 0.15) is 12.2 Å². The lowest BCUT2D eigenvalue weighted by Crippen LogP contribution is -2.36. The highest BCUT2D eigenvalue weighted by molar-refractivity contribution is 6.05. The van der Waals surface area contributed by atoms with E-state index in [1.54, 1.807) is 0 Å². The molecule has 3 aliphatic rings. The first-order chi connectivity index (χ1) is 12.2. The Hall–Kier alpha value is -2.36. The molecular formula is C21H20O4. The van der Waals surface area contributed by atoms with Crippen LogP contribution in [0.1, 0.15) is 35.7 Å². The zero-order chi connectivity index (χ0) is 17.1. The van der Waals surface area contributed by atoms with E-state index in [1.165, 1.54) is 5.56 Å². The van der Waals surface area contributed by atoms with E-state index in [2.05, 4.69) is 6.92 Å². The fraction of sp³-hybridized carbons (Fsp3) is 0.429. The normalized spacial score (nSPS) is 32.2. The second kappa shape index (κ2) is 5.32. The summed E-state index contributed by atoms with van der Waals surface area (Å²) in [7, 11) is 0. The van der Waals surface area contributed by atoms with E-state index in [0.29, 0.717) is 5.56 Å². The van der Waals surface area contributed by atoms with Gasteiger partial charge in [0.2, 0.25) is 0 Å². The number of carbonyl (C=O) groups excluding carboxylic acids is 2. The summed E-state index contributed by atoms with van der Waals surface area (Å²) in [6, 6.07) is 11.8. The van der Waals surface area contributed by atoms with Gasteiger partial charge in [0, 0.05) is 11.8 Å². The predicted molar refractivity (Wildman–Crippen MR) is 92.1 cm³/mol. The summed E-state index contributed by atoms with van der Waals surface area (Å²) in [4.78, 5) is 24.8. The Labute approximate surface area is 146 Å². The van der Waals surface area contributed by atoms with Gasteiger partial charge in [-0.3, -0.25) is 4.79 Å². The lowest BCUT2D eigenvalue weighted by molar-refractivity contribution is -0.146. The number of hydrogen-bond acceptors (Lipinski definition) is 4. The number of aryl methyl sites for hydroxylation is 1. The molecule has 1 aliphatic heterocycles. The molecule has 2 aromatic rings. The Balaban J connectivity index is 1.46. The number of ether oxygens (including phenoxy) is 2. The van der Waals surface area contributed by atoms with Crippen molar-refractivity contribution < 1.29 is 19.1 Å². The lowest BCUT2D eigenvalue weighted by Gasteiger charge is -2.25. The molecule has 0 spiro atoms. The minimum atomic E-state index is -0.309. The summed E-state index contributed by atoms with van der Waals surface area (Å²) in [6.45, 7) is 2.11. The molecule has 1 saturated heterocycles. The Morgan fingerprint density at radius 3 is 2.76 bits per heavy atom. The molecule has 5 atom stereocenters. The molecule has 2 saturated carbocycles. The zero-order valence-electron chi connectivity index (χ0n) is 14.1. The van der Waals surface area contributed by atoms with Crippen molar-refractivity contribution >= 4 is 22.7 Å². The molecule has 5 unspecified atom stereocenters. The molecule has 2 bridgehead atoms. The van der Waals surface area contributed by atoms with Gasteiger partial charge in [-0.15, -0.1) is 0 Å². The molecule has 0 N–H and O–H groups in total. The summed E-state index contributed by atoms with van der Waals surface area (Å²) in [5.41, 5.74) is 1.82. The molecule has 4 nitrogen and oxygen atoms in total. The minimum Gasteiger partial charge on any atom is -0.458 e. The summed E-state index contributed by atoms with van der Waals surface area (Å²) in [5, 5.41) is 2.02. The highest BCUT2D eigenvalue weighted by atomic mass is 16.6. The number of fused-ring (bicyclic) bond motifs is 2. The third-order valence-corrected chi connectivity index (χ3v) is 6.27. The Morgan fingerprint density at radius 2 is 1.96 bits per heavy atom. The number of hydrogen-bond donors (Lipinski definition) is 0. The van der Waals surface area contributed by atoms with E-state index in [1.807, 2.05) is 36.4 Å². The van der Waals surface area contributed by atoms with Gasteiger partial charge >= 0.3 is 11.9 Å². The van der Waals surface area contributed by atoms with Crippen molar-refractivity contribution in [3.05, 3.63) is 47.5 Å². The van der Waals surface area contributed by atoms with Crippen molar-refractivity contribution in [1.82, 2.24) is 0 Å².